The van der Waals surface area contributed by atoms with Gasteiger partial charge in [-0.2, -0.15) is 5.10 Å². The van der Waals surface area contributed by atoms with Crippen LogP contribution < -0.4 is 10.1 Å². The lowest BCUT2D eigenvalue weighted by atomic mass is 10.2. The first-order valence-corrected chi connectivity index (χ1v) is 12.4. The summed E-state index contributed by atoms with van der Waals surface area (Å²) in [5.74, 6) is 0.120. The second-order valence-electron chi connectivity index (χ2n) is 9.72. The Morgan fingerprint density at radius 2 is 2.14 bits per heavy atom. The Balaban J connectivity index is 1.64. The average molecular weight is 502 g/mol. The van der Waals surface area contributed by atoms with E-state index in [1.165, 1.54) is 6.07 Å². The maximum absolute atomic E-state index is 14.7. The van der Waals surface area contributed by atoms with Gasteiger partial charge in [0.15, 0.2) is 23.1 Å². The number of hydrogen-bond acceptors (Lipinski definition) is 6. The minimum atomic E-state index is -0.462. The molecule has 2 N–H and O–H groups in total. The molecule has 10 nitrogen and oxygen atoms in total. The fourth-order valence-corrected chi connectivity index (χ4v) is 3.97. The lowest BCUT2D eigenvalue weighted by Crippen LogP contribution is -2.36. The maximum atomic E-state index is 14.7. The van der Waals surface area contributed by atoms with Gasteiger partial charge in [-0.3, -0.25) is 0 Å². The number of benzene rings is 1. The van der Waals surface area contributed by atoms with Crippen LogP contribution in [0.15, 0.2) is 18.3 Å². The molecule has 196 valence electrons. The van der Waals surface area contributed by atoms with Crippen LogP contribution in [0.25, 0.3) is 22.6 Å². The van der Waals surface area contributed by atoms with Gasteiger partial charge in [-0.15, -0.1) is 0 Å². The number of nitrogens with one attached hydrogen (secondary N) is 2. The molecule has 0 bridgehead atoms. The minimum Gasteiger partial charge on any atom is -0.490 e. The number of rotatable bonds is 9. The highest BCUT2D eigenvalue weighted by molar-refractivity contribution is 5.93. The van der Waals surface area contributed by atoms with Gasteiger partial charge in [0, 0.05) is 38.4 Å². The zero-order chi connectivity index (χ0) is 25.8. The van der Waals surface area contributed by atoms with Crippen molar-refractivity contribution >= 4 is 22.8 Å². The lowest BCUT2D eigenvalue weighted by Gasteiger charge is -2.22. The number of anilines is 1. The Morgan fingerprint density at radius 3 is 2.83 bits per heavy atom. The summed E-state index contributed by atoms with van der Waals surface area (Å²) in [6.07, 6.45) is 5.23. The molecular weight excluding hydrogens is 465 g/mol. The van der Waals surface area contributed by atoms with Crippen LogP contribution in [0.1, 0.15) is 45.8 Å². The van der Waals surface area contributed by atoms with Gasteiger partial charge in [0.2, 0.25) is 0 Å². The van der Waals surface area contributed by atoms with E-state index in [1.807, 2.05) is 27.9 Å². The number of H-pyrrole nitrogens is 1. The van der Waals surface area contributed by atoms with Gasteiger partial charge in [-0.1, -0.05) is 0 Å². The van der Waals surface area contributed by atoms with Crippen LogP contribution in [0, 0.1) is 5.82 Å². The van der Waals surface area contributed by atoms with Gasteiger partial charge in [0.1, 0.15) is 6.23 Å². The molecule has 1 aliphatic rings. The molecule has 1 aromatic carbocycles. The summed E-state index contributed by atoms with van der Waals surface area (Å²) < 4.78 is 28.0. The van der Waals surface area contributed by atoms with Crippen LogP contribution in [-0.4, -0.2) is 82.5 Å². The van der Waals surface area contributed by atoms with Crippen LogP contribution in [-0.2, 0) is 4.74 Å². The van der Waals surface area contributed by atoms with E-state index in [2.05, 4.69) is 20.2 Å². The molecule has 2 amide bonds. The van der Waals surface area contributed by atoms with E-state index in [-0.39, 0.29) is 24.1 Å². The molecule has 2 aromatic heterocycles. The largest absolute Gasteiger partial charge is 0.490 e. The molecule has 36 heavy (non-hydrogen) atoms. The van der Waals surface area contributed by atoms with E-state index in [9.17, 15) is 9.18 Å². The summed E-state index contributed by atoms with van der Waals surface area (Å²) in [5, 5.41) is 7.66. The van der Waals surface area contributed by atoms with Gasteiger partial charge < -0.3 is 29.6 Å². The summed E-state index contributed by atoms with van der Waals surface area (Å²) in [6.45, 7) is 5.80. The number of carbonyl (C=O) groups is 1. The predicted molar refractivity (Wildman–Crippen MR) is 137 cm³/mol. The van der Waals surface area contributed by atoms with E-state index in [4.69, 9.17) is 14.6 Å². The van der Waals surface area contributed by atoms with Crippen molar-refractivity contribution in [2.45, 2.75) is 51.8 Å². The number of urea groups is 1. The third-order valence-electron chi connectivity index (χ3n) is 6.29. The SMILES string of the molecule is CC(C)N(C)C(=O)Nc1cn(C2CCCCO2)nc1-c1nc2cc(OCCCN(C)C)c(F)cc2[nH]1. The number of imidazole rings is 1. The first-order chi connectivity index (χ1) is 17.2. The first kappa shape index (κ1) is 25.9. The Kier molecular flexibility index (Phi) is 8.10. The number of amides is 2. The number of aromatic nitrogens is 4. The third-order valence-corrected chi connectivity index (χ3v) is 6.29. The highest BCUT2D eigenvalue weighted by Crippen LogP contribution is 2.32. The molecule has 1 fully saturated rings. The van der Waals surface area contributed by atoms with E-state index in [0.717, 1.165) is 32.2 Å². The second-order valence-corrected chi connectivity index (χ2v) is 9.72. The van der Waals surface area contributed by atoms with Crippen LogP contribution >= 0.6 is 0 Å². The number of carbonyl (C=O) groups excluding carboxylic acids is 1. The molecule has 1 unspecified atom stereocenters. The molecule has 0 aliphatic carbocycles. The number of hydrogen-bond donors (Lipinski definition) is 2. The van der Waals surface area contributed by atoms with Crippen molar-refractivity contribution in [1.82, 2.24) is 29.5 Å². The Bertz CT molecular complexity index is 1180. The molecular formula is C25H36FN7O3. The van der Waals surface area contributed by atoms with E-state index < -0.39 is 5.82 Å². The lowest BCUT2D eigenvalue weighted by molar-refractivity contribution is -0.0393. The van der Waals surface area contributed by atoms with E-state index >= 15 is 0 Å². The number of nitrogens with zero attached hydrogens (tertiary/aromatic N) is 5. The van der Waals surface area contributed by atoms with Gasteiger partial charge in [0.25, 0.3) is 0 Å². The summed E-state index contributed by atoms with van der Waals surface area (Å²) in [4.78, 5) is 24.3. The van der Waals surface area contributed by atoms with Gasteiger partial charge in [0.05, 0.1) is 29.5 Å². The molecule has 3 aromatic rings. The number of fused-ring (bicyclic) bond motifs is 1. The molecule has 11 heteroatoms. The highest BCUT2D eigenvalue weighted by Gasteiger charge is 2.24. The zero-order valence-electron chi connectivity index (χ0n) is 21.7. The Morgan fingerprint density at radius 1 is 1.33 bits per heavy atom. The van der Waals surface area contributed by atoms with Gasteiger partial charge >= 0.3 is 6.03 Å². The smallest absolute Gasteiger partial charge is 0.321 e. The van der Waals surface area contributed by atoms with Crippen molar-refractivity contribution < 1.29 is 18.7 Å². The molecule has 1 saturated heterocycles. The molecule has 3 heterocycles. The molecule has 1 aliphatic heterocycles. The molecule has 4 rings (SSSR count). The fraction of sp³-hybridized carbons (Fsp3) is 0.560. The number of halogens is 1. The highest BCUT2D eigenvalue weighted by atomic mass is 19.1. The summed E-state index contributed by atoms with van der Waals surface area (Å²) >= 11 is 0. The van der Waals surface area contributed by atoms with Crippen molar-refractivity contribution in [2.75, 3.05) is 46.2 Å². The molecule has 0 spiro atoms. The fourth-order valence-electron chi connectivity index (χ4n) is 3.97. The molecule has 0 radical (unpaired) electrons. The van der Waals surface area contributed by atoms with Gasteiger partial charge in [-0.25, -0.2) is 18.9 Å². The summed E-state index contributed by atoms with van der Waals surface area (Å²) in [5.41, 5.74) is 2.03. The van der Waals surface area contributed by atoms with Crippen molar-refractivity contribution in [3.05, 3.63) is 24.1 Å². The van der Waals surface area contributed by atoms with Crippen LogP contribution in [0.5, 0.6) is 5.75 Å². The second kappa shape index (κ2) is 11.3. The third kappa shape index (κ3) is 5.96. The Hall–Kier alpha value is -3.18. The molecule has 0 saturated carbocycles. The predicted octanol–water partition coefficient (Wildman–Crippen LogP) is 4.47. The summed E-state index contributed by atoms with van der Waals surface area (Å²) in [7, 11) is 5.70. The minimum absolute atomic E-state index is 0.0236. The Labute approximate surface area is 210 Å². The maximum Gasteiger partial charge on any atom is 0.321 e. The van der Waals surface area contributed by atoms with Crippen molar-refractivity contribution in [2.24, 2.45) is 0 Å². The zero-order valence-corrected chi connectivity index (χ0v) is 21.7. The average Bonchev–Trinajstić information content (AvgIpc) is 3.45. The quantitative estimate of drug-likeness (QED) is 0.420. The molecule has 1 atom stereocenters. The van der Waals surface area contributed by atoms with Crippen LogP contribution in [0.3, 0.4) is 0 Å². The van der Waals surface area contributed by atoms with Crippen LogP contribution in [0.2, 0.25) is 0 Å². The number of aromatic amines is 1. The summed E-state index contributed by atoms with van der Waals surface area (Å²) in [6, 6.07) is 2.73. The van der Waals surface area contributed by atoms with Gasteiger partial charge in [-0.05, 0) is 53.6 Å². The van der Waals surface area contributed by atoms with Crippen molar-refractivity contribution in [1.29, 1.82) is 0 Å². The standard InChI is InChI=1S/C25H36FN7O3/c1-16(2)32(5)25(34)29-20-15-33(22-9-6-7-11-36-22)30-23(20)24-27-18-13-17(26)21(14-19(18)28-24)35-12-8-10-31(3)4/h13-16,22H,6-12H2,1-5H3,(H,27,28)(H,29,34). The normalized spacial score (nSPS) is 16.2. The van der Waals surface area contributed by atoms with Crippen molar-refractivity contribution in [3.8, 4) is 17.3 Å². The number of ether oxygens (including phenoxy) is 2. The monoisotopic (exact) mass is 501 g/mol. The topological polar surface area (TPSA) is 101 Å². The van der Waals surface area contributed by atoms with E-state index in [1.54, 1.807) is 28.9 Å². The van der Waals surface area contributed by atoms with Crippen LogP contribution in [0.4, 0.5) is 14.9 Å². The van der Waals surface area contributed by atoms with E-state index in [0.29, 0.717) is 41.5 Å². The van der Waals surface area contributed by atoms with Crippen molar-refractivity contribution in [3.63, 3.8) is 0 Å². The first-order valence-electron chi connectivity index (χ1n) is 12.4.